The van der Waals surface area contributed by atoms with Crippen LogP contribution in [0.5, 0.6) is 0 Å². The van der Waals surface area contributed by atoms with Gasteiger partial charge in [0.25, 0.3) is 0 Å². The SMILES string of the molecule is CNCCCc1cccc2c1N(CC1CCOCC1)CC2. The van der Waals surface area contributed by atoms with Crippen molar-refractivity contribution in [3.63, 3.8) is 0 Å². The summed E-state index contributed by atoms with van der Waals surface area (Å²) in [6, 6.07) is 6.89. The minimum absolute atomic E-state index is 0.815. The Labute approximate surface area is 128 Å². The van der Waals surface area contributed by atoms with Crippen molar-refractivity contribution in [3.8, 4) is 0 Å². The van der Waals surface area contributed by atoms with E-state index < -0.39 is 0 Å². The molecule has 0 spiro atoms. The van der Waals surface area contributed by atoms with Crippen molar-refractivity contribution in [1.82, 2.24) is 5.32 Å². The number of nitrogens with one attached hydrogen (secondary N) is 1. The van der Waals surface area contributed by atoms with Gasteiger partial charge >= 0.3 is 0 Å². The average Bonchev–Trinajstić information content (AvgIpc) is 2.93. The number of benzene rings is 1. The fourth-order valence-electron chi connectivity index (χ4n) is 3.70. The van der Waals surface area contributed by atoms with Gasteiger partial charge in [0, 0.05) is 32.0 Å². The fourth-order valence-corrected chi connectivity index (χ4v) is 3.70. The van der Waals surface area contributed by atoms with Crippen molar-refractivity contribution < 1.29 is 4.74 Å². The number of rotatable bonds is 6. The van der Waals surface area contributed by atoms with E-state index in [4.69, 9.17) is 4.74 Å². The van der Waals surface area contributed by atoms with Gasteiger partial charge in [-0.1, -0.05) is 18.2 Å². The summed E-state index contributed by atoms with van der Waals surface area (Å²) in [4.78, 5) is 2.65. The topological polar surface area (TPSA) is 24.5 Å². The number of fused-ring (bicyclic) bond motifs is 1. The first-order chi connectivity index (χ1) is 10.4. The number of anilines is 1. The van der Waals surface area contributed by atoms with Gasteiger partial charge in [-0.05, 0) is 62.7 Å². The highest BCUT2D eigenvalue weighted by molar-refractivity contribution is 5.63. The lowest BCUT2D eigenvalue weighted by Gasteiger charge is -2.29. The van der Waals surface area contributed by atoms with E-state index in [1.165, 1.54) is 45.2 Å². The monoisotopic (exact) mass is 288 g/mol. The van der Waals surface area contributed by atoms with E-state index in [0.717, 1.165) is 25.7 Å². The van der Waals surface area contributed by atoms with E-state index in [1.54, 1.807) is 16.8 Å². The molecule has 0 atom stereocenters. The minimum atomic E-state index is 0.815. The lowest BCUT2D eigenvalue weighted by Crippen LogP contribution is -2.31. The van der Waals surface area contributed by atoms with E-state index >= 15 is 0 Å². The summed E-state index contributed by atoms with van der Waals surface area (Å²) in [5, 5.41) is 3.26. The molecule has 0 saturated carbocycles. The summed E-state index contributed by atoms with van der Waals surface area (Å²) < 4.78 is 5.50. The Bertz CT molecular complexity index is 455. The van der Waals surface area contributed by atoms with E-state index in [1.807, 2.05) is 7.05 Å². The van der Waals surface area contributed by atoms with Crippen molar-refractivity contribution in [3.05, 3.63) is 29.3 Å². The van der Waals surface area contributed by atoms with Crippen LogP contribution in [0, 0.1) is 5.92 Å². The van der Waals surface area contributed by atoms with Crippen LogP contribution >= 0.6 is 0 Å². The number of ether oxygens (including phenoxy) is 1. The smallest absolute Gasteiger partial charge is 0.0469 e. The molecule has 1 saturated heterocycles. The first-order valence-electron chi connectivity index (χ1n) is 8.46. The van der Waals surface area contributed by atoms with Crippen LogP contribution in [-0.2, 0) is 17.6 Å². The Morgan fingerprint density at radius 1 is 1.29 bits per heavy atom. The molecule has 3 heteroatoms. The number of nitrogens with zero attached hydrogens (tertiary/aromatic N) is 1. The van der Waals surface area contributed by atoms with Crippen LogP contribution in [0.25, 0.3) is 0 Å². The first kappa shape index (κ1) is 14.9. The quantitative estimate of drug-likeness (QED) is 0.815. The largest absolute Gasteiger partial charge is 0.381 e. The molecular formula is C18H28N2O. The van der Waals surface area contributed by atoms with Crippen LogP contribution in [0.3, 0.4) is 0 Å². The molecule has 1 aromatic rings. The van der Waals surface area contributed by atoms with Gasteiger partial charge in [-0.25, -0.2) is 0 Å². The van der Waals surface area contributed by atoms with Crippen molar-refractivity contribution in [2.75, 3.05) is 44.8 Å². The van der Waals surface area contributed by atoms with Gasteiger partial charge in [-0.2, -0.15) is 0 Å². The summed E-state index contributed by atoms with van der Waals surface area (Å²) in [7, 11) is 2.03. The number of hydrogen-bond donors (Lipinski definition) is 1. The minimum Gasteiger partial charge on any atom is -0.381 e. The van der Waals surface area contributed by atoms with Crippen molar-refractivity contribution in [2.45, 2.75) is 32.1 Å². The molecule has 0 unspecified atom stereocenters. The van der Waals surface area contributed by atoms with E-state index in [-0.39, 0.29) is 0 Å². The summed E-state index contributed by atoms with van der Waals surface area (Å²) in [6.07, 6.45) is 6.09. The highest BCUT2D eigenvalue weighted by atomic mass is 16.5. The maximum atomic E-state index is 5.50. The van der Waals surface area contributed by atoms with Crippen LogP contribution < -0.4 is 10.2 Å². The van der Waals surface area contributed by atoms with Gasteiger partial charge < -0.3 is 15.0 Å². The second-order valence-corrected chi connectivity index (χ2v) is 6.38. The van der Waals surface area contributed by atoms with Gasteiger partial charge in [0.1, 0.15) is 0 Å². The molecule has 2 heterocycles. The Balaban J connectivity index is 1.69. The van der Waals surface area contributed by atoms with Crippen LogP contribution in [0.1, 0.15) is 30.4 Å². The molecule has 1 fully saturated rings. The van der Waals surface area contributed by atoms with Crippen LogP contribution in [0.15, 0.2) is 18.2 Å². The lowest BCUT2D eigenvalue weighted by molar-refractivity contribution is 0.0683. The standard InChI is InChI=1S/C18H28N2O/c1-19-10-3-6-16-4-2-5-17-7-11-20(18(16)17)14-15-8-12-21-13-9-15/h2,4-5,15,19H,3,6-14H2,1H3. The van der Waals surface area contributed by atoms with E-state index in [0.29, 0.717) is 0 Å². The third kappa shape index (κ3) is 3.58. The first-order valence-corrected chi connectivity index (χ1v) is 8.46. The predicted molar refractivity (Wildman–Crippen MR) is 88.1 cm³/mol. The maximum absolute atomic E-state index is 5.50. The van der Waals surface area contributed by atoms with Gasteiger partial charge in [0.15, 0.2) is 0 Å². The zero-order chi connectivity index (χ0) is 14.5. The van der Waals surface area contributed by atoms with Crippen molar-refractivity contribution in [2.24, 2.45) is 5.92 Å². The summed E-state index contributed by atoms with van der Waals surface area (Å²) in [5.41, 5.74) is 4.66. The molecule has 2 aliphatic rings. The van der Waals surface area contributed by atoms with Gasteiger partial charge in [0.2, 0.25) is 0 Å². The second kappa shape index (κ2) is 7.28. The molecule has 0 amide bonds. The molecule has 3 rings (SSSR count). The Kier molecular flexibility index (Phi) is 5.15. The number of para-hydroxylation sites is 1. The average molecular weight is 288 g/mol. The molecule has 21 heavy (non-hydrogen) atoms. The molecular weight excluding hydrogens is 260 g/mol. The highest BCUT2D eigenvalue weighted by Gasteiger charge is 2.25. The molecule has 0 aliphatic carbocycles. The third-order valence-corrected chi connectivity index (χ3v) is 4.86. The normalized spacial score (nSPS) is 19.0. The molecule has 0 bridgehead atoms. The Hall–Kier alpha value is -1.06. The number of aryl methyl sites for hydroxylation is 1. The second-order valence-electron chi connectivity index (χ2n) is 6.38. The third-order valence-electron chi connectivity index (χ3n) is 4.86. The molecule has 0 radical (unpaired) electrons. The Morgan fingerprint density at radius 3 is 2.95 bits per heavy atom. The predicted octanol–water partition coefficient (Wildman–Crippen LogP) is 2.63. The van der Waals surface area contributed by atoms with Crippen molar-refractivity contribution in [1.29, 1.82) is 0 Å². The lowest BCUT2D eigenvalue weighted by atomic mass is 9.98. The molecule has 2 aliphatic heterocycles. The van der Waals surface area contributed by atoms with E-state index in [9.17, 15) is 0 Å². The van der Waals surface area contributed by atoms with Crippen molar-refractivity contribution >= 4 is 5.69 Å². The van der Waals surface area contributed by atoms with Gasteiger partial charge in [-0.3, -0.25) is 0 Å². The fraction of sp³-hybridized carbons (Fsp3) is 0.667. The molecule has 1 aromatic carbocycles. The molecule has 1 N–H and O–H groups in total. The highest BCUT2D eigenvalue weighted by Crippen LogP contribution is 2.34. The molecule has 3 nitrogen and oxygen atoms in total. The Morgan fingerprint density at radius 2 is 2.14 bits per heavy atom. The zero-order valence-corrected chi connectivity index (χ0v) is 13.2. The van der Waals surface area contributed by atoms with Crippen LogP contribution in [-0.4, -0.2) is 39.9 Å². The summed E-state index contributed by atoms with van der Waals surface area (Å²) in [5.74, 6) is 0.815. The number of hydrogen-bond acceptors (Lipinski definition) is 3. The van der Waals surface area contributed by atoms with E-state index in [2.05, 4.69) is 28.4 Å². The van der Waals surface area contributed by atoms with Gasteiger partial charge in [-0.15, -0.1) is 0 Å². The van der Waals surface area contributed by atoms with Gasteiger partial charge in [0.05, 0.1) is 0 Å². The van der Waals surface area contributed by atoms with Crippen LogP contribution in [0.4, 0.5) is 5.69 Å². The maximum Gasteiger partial charge on any atom is 0.0469 e. The zero-order valence-electron chi connectivity index (χ0n) is 13.2. The molecule has 116 valence electrons. The van der Waals surface area contributed by atoms with Crippen LogP contribution in [0.2, 0.25) is 0 Å². The summed E-state index contributed by atoms with van der Waals surface area (Å²) in [6.45, 7) is 5.43. The molecule has 0 aromatic heterocycles. The summed E-state index contributed by atoms with van der Waals surface area (Å²) >= 11 is 0.